The first-order chi connectivity index (χ1) is 9.90. The molecule has 8 nitrogen and oxygen atoms in total. The number of nitro benzene ring substituents is 1. The summed E-state index contributed by atoms with van der Waals surface area (Å²) >= 11 is 6.92. The van der Waals surface area contributed by atoms with Crippen LogP contribution in [0.2, 0.25) is 0 Å². The van der Waals surface area contributed by atoms with E-state index in [9.17, 15) is 14.9 Å². The number of carbonyl (C=O) groups excluding carboxylic acids is 1. The van der Waals surface area contributed by atoms with Crippen LogP contribution >= 0.6 is 34.8 Å². The van der Waals surface area contributed by atoms with Gasteiger partial charge < -0.3 is 9.88 Å². The quantitative estimate of drug-likeness (QED) is 0.341. The third-order valence-electron chi connectivity index (χ3n) is 2.78. The SMILES string of the molecule is Cn1c(CNC(=O)c2cc([N+](=O)[O-])ccc2I)n[nH]c1=S. The lowest BCUT2D eigenvalue weighted by atomic mass is 10.2. The van der Waals surface area contributed by atoms with Gasteiger partial charge >= 0.3 is 0 Å². The molecule has 0 saturated carbocycles. The van der Waals surface area contributed by atoms with Crippen LogP contribution in [0.25, 0.3) is 0 Å². The number of non-ortho nitro benzene ring substituents is 1. The highest BCUT2D eigenvalue weighted by molar-refractivity contribution is 14.1. The zero-order valence-electron chi connectivity index (χ0n) is 10.8. The Morgan fingerprint density at radius 3 is 2.90 bits per heavy atom. The highest BCUT2D eigenvalue weighted by Crippen LogP contribution is 2.19. The molecule has 0 atom stereocenters. The Bertz CT molecular complexity index is 769. The Labute approximate surface area is 137 Å². The largest absolute Gasteiger partial charge is 0.345 e. The molecule has 0 radical (unpaired) electrons. The lowest BCUT2D eigenvalue weighted by molar-refractivity contribution is -0.384. The fraction of sp³-hybridized carbons (Fsp3) is 0.182. The van der Waals surface area contributed by atoms with Gasteiger partial charge in [-0.3, -0.25) is 20.0 Å². The molecular formula is C11H10IN5O3S. The summed E-state index contributed by atoms with van der Waals surface area (Å²) in [5.41, 5.74) is 0.125. The Morgan fingerprint density at radius 2 is 2.33 bits per heavy atom. The maximum absolute atomic E-state index is 12.1. The predicted molar refractivity (Wildman–Crippen MR) is 85.4 cm³/mol. The van der Waals surface area contributed by atoms with Crippen LogP contribution < -0.4 is 5.32 Å². The third kappa shape index (κ3) is 3.44. The van der Waals surface area contributed by atoms with E-state index in [-0.39, 0.29) is 17.8 Å². The maximum atomic E-state index is 12.1. The van der Waals surface area contributed by atoms with Gasteiger partial charge in [-0.2, -0.15) is 5.10 Å². The number of carbonyl (C=O) groups is 1. The minimum atomic E-state index is -0.538. The average Bonchev–Trinajstić information content (AvgIpc) is 2.76. The van der Waals surface area contributed by atoms with E-state index in [2.05, 4.69) is 15.5 Å². The molecule has 0 fully saturated rings. The number of nitrogens with one attached hydrogen (secondary N) is 2. The Morgan fingerprint density at radius 1 is 1.62 bits per heavy atom. The lowest BCUT2D eigenvalue weighted by Gasteiger charge is -2.06. The Kier molecular flexibility index (Phi) is 4.67. The van der Waals surface area contributed by atoms with Crippen LogP contribution in [0.3, 0.4) is 0 Å². The Hall–Kier alpha value is -1.82. The van der Waals surface area contributed by atoms with Gasteiger partial charge in [0, 0.05) is 22.8 Å². The van der Waals surface area contributed by atoms with E-state index in [1.165, 1.54) is 18.2 Å². The minimum absolute atomic E-state index is 0.126. The molecule has 1 aromatic carbocycles. The molecule has 2 rings (SSSR count). The van der Waals surface area contributed by atoms with Gasteiger partial charge in [0.2, 0.25) is 0 Å². The molecule has 1 amide bonds. The van der Waals surface area contributed by atoms with Gasteiger partial charge in [-0.05, 0) is 40.9 Å². The zero-order valence-corrected chi connectivity index (χ0v) is 13.8. The van der Waals surface area contributed by atoms with E-state index < -0.39 is 10.8 Å². The zero-order chi connectivity index (χ0) is 15.6. The monoisotopic (exact) mass is 419 g/mol. The second kappa shape index (κ2) is 6.30. The van der Waals surface area contributed by atoms with E-state index in [1.54, 1.807) is 11.6 Å². The number of hydrogen-bond donors (Lipinski definition) is 2. The summed E-state index contributed by atoms with van der Waals surface area (Å²) in [6.45, 7) is 0.168. The molecule has 0 saturated heterocycles. The molecule has 0 spiro atoms. The first-order valence-electron chi connectivity index (χ1n) is 5.72. The van der Waals surface area contributed by atoms with Crippen LogP contribution in [0.4, 0.5) is 5.69 Å². The molecule has 2 N–H and O–H groups in total. The summed E-state index contributed by atoms with van der Waals surface area (Å²) in [7, 11) is 1.73. The molecule has 0 bridgehead atoms. The van der Waals surface area contributed by atoms with Crippen LogP contribution in [0.1, 0.15) is 16.2 Å². The van der Waals surface area contributed by atoms with E-state index in [4.69, 9.17) is 12.2 Å². The number of amides is 1. The number of hydrogen-bond acceptors (Lipinski definition) is 5. The van der Waals surface area contributed by atoms with Crippen LogP contribution in [0.15, 0.2) is 18.2 Å². The summed E-state index contributed by atoms with van der Waals surface area (Å²) in [6.07, 6.45) is 0. The van der Waals surface area contributed by atoms with Crippen molar-refractivity contribution in [3.05, 3.63) is 48.0 Å². The van der Waals surface area contributed by atoms with Crippen molar-refractivity contribution >= 4 is 46.4 Å². The second-order valence-electron chi connectivity index (χ2n) is 4.11. The van der Waals surface area contributed by atoms with Crippen molar-refractivity contribution < 1.29 is 9.72 Å². The first kappa shape index (κ1) is 15.6. The van der Waals surface area contributed by atoms with Crippen LogP contribution in [0.5, 0.6) is 0 Å². The molecule has 0 aliphatic rings. The fourth-order valence-electron chi connectivity index (χ4n) is 1.59. The number of aromatic amines is 1. The summed E-state index contributed by atoms with van der Waals surface area (Å²) in [5.74, 6) is 0.158. The van der Waals surface area contributed by atoms with Gasteiger partial charge in [-0.25, -0.2) is 0 Å². The average molecular weight is 419 g/mol. The smallest absolute Gasteiger partial charge is 0.270 e. The fourth-order valence-corrected chi connectivity index (χ4v) is 2.32. The van der Waals surface area contributed by atoms with Crippen molar-refractivity contribution in [1.29, 1.82) is 0 Å². The van der Waals surface area contributed by atoms with Crippen molar-refractivity contribution in [1.82, 2.24) is 20.1 Å². The number of halogens is 1. The highest BCUT2D eigenvalue weighted by atomic mass is 127. The summed E-state index contributed by atoms with van der Waals surface area (Å²) in [6, 6.07) is 4.14. The van der Waals surface area contributed by atoms with E-state index >= 15 is 0 Å². The van der Waals surface area contributed by atoms with Gasteiger partial charge in [-0.1, -0.05) is 0 Å². The van der Waals surface area contributed by atoms with Crippen LogP contribution in [-0.4, -0.2) is 25.6 Å². The molecule has 1 aromatic heterocycles. The molecule has 1 heterocycles. The molecule has 0 unspecified atom stereocenters. The van der Waals surface area contributed by atoms with E-state index in [0.717, 1.165) is 0 Å². The molecule has 2 aromatic rings. The number of H-pyrrole nitrogens is 1. The van der Waals surface area contributed by atoms with Crippen LogP contribution in [0, 0.1) is 18.5 Å². The van der Waals surface area contributed by atoms with Gasteiger partial charge in [0.25, 0.3) is 11.6 Å². The number of aromatic nitrogens is 3. The van der Waals surface area contributed by atoms with Gasteiger partial charge in [0.15, 0.2) is 10.6 Å². The molecule has 0 aliphatic heterocycles. The van der Waals surface area contributed by atoms with Gasteiger partial charge in [0.1, 0.15) is 0 Å². The Balaban J connectivity index is 2.17. The molecular weight excluding hydrogens is 409 g/mol. The van der Waals surface area contributed by atoms with Crippen molar-refractivity contribution in [3.63, 3.8) is 0 Å². The lowest BCUT2D eigenvalue weighted by Crippen LogP contribution is -2.25. The topological polar surface area (TPSA) is 106 Å². The van der Waals surface area contributed by atoms with Gasteiger partial charge in [0.05, 0.1) is 17.0 Å². The molecule has 0 aliphatic carbocycles. The molecule has 110 valence electrons. The van der Waals surface area contributed by atoms with E-state index in [0.29, 0.717) is 14.2 Å². The molecule has 10 heteroatoms. The first-order valence-corrected chi connectivity index (χ1v) is 7.21. The number of nitro groups is 1. The van der Waals surface area contributed by atoms with Crippen LogP contribution in [-0.2, 0) is 13.6 Å². The van der Waals surface area contributed by atoms with Crippen molar-refractivity contribution in [2.75, 3.05) is 0 Å². The summed E-state index contributed by atoms with van der Waals surface area (Å²) < 4.78 is 2.71. The summed E-state index contributed by atoms with van der Waals surface area (Å²) in [5, 5.41) is 20.0. The number of nitrogens with zero attached hydrogens (tertiary/aromatic N) is 3. The predicted octanol–water partition coefficient (Wildman–Crippen LogP) is 1.92. The van der Waals surface area contributed by atoms with E-state index in [1.807, 2.05) is 22.6 Å². The second-order valence-corrected chi connectivity index (χ2v) is 5.66. The van der Waals surface area contributed by atoms with Crippen molar-refractivity contribution in [2.45, 2.75) is 6.54 Å². The highest BCUT2D eigenvalue weighted by Gasteiger charge is 2.16. The minimum Gasteiger partial charge on any atom is -0.345 e. The maximum Gasteiger partial charge on any atom is 0.270 e. The standard InChI is InChI=1S/C11H10IN5O3S/c1-16-9(14-15-11(16)21)5-13-10(18)7-4-6(17(19)20)2-3-8(7)12/h2-4H,5H2,1H3,(H,13,18)(H,15,21). The van der Waals surface area contributed by atoms with Crippen molar-refractivity contribution in [2.24, 2.45) is 7.05 Å². The summed E-state index contributed by atoms with van der Waals surface area (Å²) in [4.78, 5) is 22.3. The number of rotatable bonds is 4. The number of benzene rings is 1. The van der Waals surface area contributed by atoms with Gasteiger partial charge in [-0.15, -0.1) is 0 Å². The van der Waals surface area contributed by atoms with Crippen molar-refractivity contribution in [3.8, 4) is 0 Å². The molecule has 21 heavy (non-hydrogen) atoms. The normalized spacial score (nSPS) is 10.4. The third-order valence-corrected chi connectivity index (χ3v) is 4.09.